The van der Waals surface area contributed by atoms with Gasteiger partial charge in [-0.1, -0.05) is 32.0 Å². The van der Waals surface area contributed by atoms with Crippen molar-refractivity contribution < 1.29 is 23.5 Å². The molecule has 4 aromatic rings. The number of anilines is 1. The summed E-state index contributed by atoms with van der Waals surface area (Å²) < 4.78 is 16.2. The highest BCUT2D eigenvalue weighted by Crippen LogP contribution is 2.67. The number of nitrogens with one attached hydrogen (secondary N) is 2. The highest BCUT2D eigenvalue weighted by Gasteiger charge is 2.59. The number of carbonyl (C=O) groups is 2. The monoisotopic (exact) mass is 529 g/mol. The second-order valence-electron chi connectivity index (χ2n) is 10.8. The summed E-state index contributed by atoms with van der Waals surface area (Å²) in [6.45, 7) is 6.64. The first kappa shape index (κ1) is 26.4. The zero-order valence-corrected chi connectivity index (χ0v) is 23.0. The number of fused-ring (bicyclic) bond motifs is 1. The SMILES string of the molecule is COc1ccc(NC(=O)CN(Cc2ccco2)C(=O)C[C@H]2[C@@H](c3c(C)[nH]c4ccccc34)C2(C)C)c(OC)c1. The highest BCUT2D eigenvalue weighted by molar-refractivity contribution is 5.96. The molecule has 2 atom stereocenters. The first-order valence-corrected chi connectivity index (χ1v) is 13.1. The predicted molar refractivity (Wildman–Crippen MR) is 150 cm³/mol. The summed E-state index contributed by atoms with van der Waals surface area (Å²) in [4.78, 5) is 31.9. The van der Waals surface area contributed by atoms with Crippen LogP contribution in [-0.2, 0) is 16.1 Å². The number of benzene rings is 2. The number of methoxy groups -OCH3 is 2. The second-order valence-corrected chi connectivity index (χ2v) is 10.8. The molecular weight excluding hydrogens is 494 g/mol. The quantitative estimate of drug-likeness (QED) is 0.267. The summed E-state index contributed by atoms with van der Waals surface area (Å²) in [6.07, 6.45) is 1.91. The van der Waals surface area contributed by atoms with Crippen LogP contribution in [-0.4, -0.2) is 42.5 Å². The van der Waals surface area contributed by atoms with E-state index in [1.807, 2.05) is 12.1 Å². The van der Waals surface area contributed by atoms with Crippen molar-refractivity contribution in [2.45, 2.75) is 39.7 Å². The Kier molecular flexibility index (Phi) is 7.12. The standard InChI is InChI=1S/C31H35N3O5/c1-19-29(22-10-6-7-11-24(22)32-19)30-23(31(30,2)3)16-28(36)34(17-21-9-8-14-39-21)18-27(35)33-25-13-12-20(37-4)15-26(25)38-5/h6-15,23,30,32H,16-18H2,1-5H3,(H,33,35)/t23-,30-/m0/s1. The molecule has 0 unspecified atom stereocenters. The third-order valence-electron chi connectivity index (χ3n) is 8.00. The highest BCUT2D eigenvalue weighted by atomic mass is 16.5. The molecule has 2 heterocycles. The van der Waals surface area contributed by atoms with E-state index in [2.05, 4.69) is 49.3 Å². The lowest BCUT2D eigenvalue weighted by atomic mass is 10.0. The van der Waals surface area contributed by atoms with Crippen molar-refractivity contribution in [3.8, 4) is 11.5 Å². The van der Waals surface area contributed by atoms with E-state index in [4.69, 9.17) is 13.9 Å². The van der Waals surface area contributed by atoms with Crippen LogP contribution in [0, 0.1) is 18.3 Å². The first-order chi connectivity index (χ1) is 18.7. The Labute approximate surface area is 228 Å². The van der Waals surface area contributed by atoms with Crippen molar-refractivity contribution in [2.75, 3.05) is 26.1 Å². The average Bonchev–Trinajstić information content (AvgIpc) is 3.29. The molecule has 1 saturated carbocycles. The van der Waals surface area contributed by atoms with E-state index in [1.165, 1.54) is 18.1 Å². The first-order valence-electron chi connectivity index (χ1n) is 13.1. The fourth-order valence-electron chi connectivity index (χ4n) is 5.80. The lowest BCUT2D eigenvalue weighted by Crippen LogP contribution is -2.37. The molecule has 0 saturated heterocycles. The van der Waals surface area contributed by atoms with Crippen molar-refractivity contribution in [3.63, 3.8) is 0 Å². The van der Waals surface area contributed by atoms with Crippen molar-refractivity contribution >= 4 is 28.4 Å². The number of H-pyrrole nitrogens is 1. The summed E-state index contributed by atoms with van der Waals surface area (Å²) >= 11 is 0. The van der Waals surface area contributed by atoms with Gasteiger partial charge in [-0.05, 0) is 60.1 Å². The molecule has 204 valence electrons. The number of nitrogens with zero attached hydrogens (tertiary/aromatic N) is 1. The minimum absolute atomic E-state index is 0.0412. The van der Waals surface area contributed by atoms with Crippen LogP contribution >= 0.6 is 0 Å². The van der Waals surface area contributed by atoms with Crippen molar-refractivity contribution in [1.29, 1.82) is 0 Å². The summed E-state index contributed by atoms with van der Waals surface area (Å²) in [5, 5.41) is 4.08. The molecule has 0 bridgehead atoms. The average molecular weight is 530 g/mol. The van der Waals surface area contributed by atoms with Crippen molar-refractivity contribution in [1.82, 2.24) is 9.88 Å². The Hall–Kier alpha value is -4.20. The molecule has 1 fully saturated rings. The number of rotatable bonds is 10. The number of amides is 2. The molecule has 0 spiro atoms. The van der Waals surface area contributed by atoms with Gasteiger partial charge in [-0.15, -0.1) is 0 Å². The van der Waals surface area contributed by atoms with Crippen molar-refractivity contribution in [2.24, 2.45) is 11.3 Å². The van der Waals surface area contributed by atoms with Gasteiger partial charge in [0.2, 0.25) is 11.8 Å². The normalized spacial score (nSPS) is 17.6. The Balaban J connectivity index is 1.33. The van der Waals surface area contributed by atoms with Gasteiger partial charge in [-0.25, -0.2) is 0 Å². The molecule has 0 radical (unpaired) electrons. The molecule has 1 aliphatic carbocycles. The number of aryl methyl sites for hydroxylation is 1. The van der Waals surface area contributed by atoms with Crippen LogP contribution in [0.15, 0.2) is 65.3 Å². The Morgan fingerprint density at radius 2 is 1.87 bits per heavy atom. The second kappa shape index (κ2) is 10.5. The molecule has 39 heavy (non-hydrogen) atoms. The van der Waals surface area contributed by atoms with Gasteiger partial charge in [0, 0.05) is 29.1 Å². The summed E-state index contributed by atoms with van der Waals surface area (Å²) in [5.74, 6) is 1.72. The number of carbonyl (C=O) groups excluding carboxylic acids is 2. The third kappa shape index (κ3) is 5.24. The molecule has 8 heteroatoms. The topological polar surface area (TPSA) is 96.8 Å². The van der Waals surface area contributed by atoms with Gasteiger partial charge in [0.05, 0.1) is 32.7 Å². The van der Waals surface area contributed by atoms with Crippen LogP contribution in [0.3, 0.4) is 0 Å². The van der Waals surface area contributed by atoms with Crippen LogP contribution in [0.1, 0.15) is 43.2 Å². The van der Waals surface area contributed by atoms with Crippen LogP contribution in [0.4, 0.5) is 5.69 Å². The maximum absolute atomic E-state index is 13.7. The van der Waals surface area contributed by atoms with Crippen LogP contribution < -0.4 is 14.8 Å². The third-order valence-corrected chi connectivity index (χ3v) is 8.00. The summed E-state index contributed by atoms with van der Waals surface area (Å²) in [7, 11) is 3.09. The predicted octanol–water partition coefficient (Wildman–Crippen LogP) is 5.88. The minimum Gasteiger partial charge on any atom is -0.497 e. The van der Waals surface area contributed by atoms with E-state index in [-0.39, 0.29) is 42.2 Å². The molecule has 2 aromatic carbocycles. The Bertz CT molecular complexity index is 1490. The maximum Gasteiger partial charge on any atom is 0.244 e. The van der Waals surface area contributed by atoms with E-state index >= 15 is 0 Å². The maximum atomic E-state index is 13.7. The van der Waals surface area contributed by atoms with Crippen LogP contribution in [0.2, 0.25) is 0 Å². The van der Waals surface area contributed by atoms with E-state index in [0.717, 1.165) is 11.2 Å². The van der Waals surface area contributed by atoms with E-state index in [1.54, 1.807) is 42.5 Å². The Morgan fingerprint density at radius 1 is 1.08 bits per heavy atom. The van der Waals surface area contributed by atoms with Gasteiger partial charge in [0.15, 0.2) is 0 Å². The smallest absolute Gasteiger partial charge is 0.244 e. The molecule has 2 amide bonds. The molecule has 1 aliphatic rings. The number of furan rings is 1. The van der Waals surface area contributed by atoms with E-state index in [9.17, 15) is 9.59 Å². The Morgan fingerprint density at radius 3 is 2.59 bits per heavy atom. The number of hydrogen-bond donors (Lipinski definition) is 2. The molecular formula is C31H35N3O5. The van der Waals surface area contributed by atoms with Crippen LogP contribution in [0.5, 0.6) is 11.5 Å². The zero-order valence-electron chi connectivity index (χ0n) is 23.0. The zero-order chi connectivity index (χ0) is 27.7. The van der Waals surface area contributed by atoms with E-state index in [0.29, 0.717) is 29.4 Å². The lowest BCUT2D eigenvalue weighted by molar-refractivity contribution is -0.136. The minimum atomic E-state index is -0.322. The molecule has 5 rings (SSSR count). The van der Waals surface area contributed by atoms with Gasteiger partial charge < -0.3 is 29.1 Å². The fraction of sp³-hybridized carbons (Fsp3) is 0.355. The van der Waals surface area contributed by atoms with Gasteiger partial charge in [-0.2, -0.15) is 0 Å². The van der Waals surface area contributed by atoms with Gasteiger partial charge in [-0.3, -0.25) is 9.59 Å². The molecule has 0 aliphatic heterocycles. The van der Waals surface area contributed by atoms with Gasteiger partial charge in [0.1, 0.15) is 23.8 Å². The summed E-state index contributed by atoms with van der Waals surface area (Å²) in [6, 6.07) is 17.1. The van der Waals surface area contributed by atoms with E-state index < -0.39 is 0 Å². The number of aromatic nitrogens is 1. The van der Waals surface area contributed by atoms with Gasteiger partial charge in [0.25, 0.3) is 0 Å². The molecule has 8 nitrogen and oxygen atoms in total. The number of aromatic amines is 1. The molecule has 2 N–H and O–H groups in total. The summed E-state index contributed by atoms with van der Waals surface area (Å²) in [5.41, 5.74) is 4.01. The van der Waals surface area contributed by atoms with Crippen molar-refractivity contribution in [3.05, 3.63) is 77.9 Å². The number of para-hydroxylation sites is 1. The number of ether oxygens (including phenoxy) is 2. The molecule has 2 aromatic heterocycles. The fourth-order valence-corrected chi connectivity index (χ4v) is 5.80. The van der Waals surface area contributed by atoms with Gasteiger partial charge >= 0.3 is 0 Å². The lowest BCUT2D eigenvalue weighted by Gasteiger charge is -2.22. The largest absolute Gasteiger partial charge is 0.497 e. The van der Waals surface area contributed by atoms with Crippen LogP contribution in [0.25, 0.3) is 10.9 Å². The number of hydrogen-bond acceptors (Lipinski definition) is 5.